The van der Waals surface area contributed by atoms with Crippen LogP contribution in [0.1, 0.15) is 112 Å². The maximum Gasteiger partial charge on any atom is 0.340 e. The van der Waals surface area contributed by atoms with Gasteiger partial charge in [0.15, 0.2) is 0 Å². The summed E-state index contributed by atoms with van der Waals surface area (Å²) in [5.74, 6) is -2.85. The van der Waals surface area contributed by atoms with Crippen molar-refractivity contribution in [3.8, 4) is 0 Å². The number of aromatic nitrogens is 1. The van der Waals surface area contributed by atoms with Crippen LogP contribution in [-0.4, -0.2) is 78.4 Å². The van der Waals surface area contributed by atoms with Crippen LogP contribution in [0.15, 0.2) is 66.7 Å². The third-order valence-corrected chi connectivity index (χ3v) is 13.6. The standard InChI is InChI=1S/C50H64N5O12P/c1-30-12-14-32(15-13-30)26-63-31(2)38(20-21-42(51)56)53-43(57)25-37-23-35-11-9-10-34-17-19-40(46(59)55(37)44(34)35)54-45(58)41-24-36-22-33(16-18-39(36)52-41)27-68(62,66-28-64-47(60)49(3,4)5)67-29-65-48(61)50(6,7)8/h9-16,18,22,24,31,37-38,40,52H,17,19-21,23,25-29H2,1-8H3,(H2,51,56)(H,53,57)(H,54,58)/t31-,37+,38+,40+/m1/s1. The fourth-order valence-corrected chi connectivity index (χ4v) is 9.33. The van der Waals surface area contributed by atoms with Crippen molar-refractivity contribution in [2.45, 2.75) is 131 Å². The molecule has 0 saturated carbocycles. The summed E-state index contributed by atoms with van der Waals surface area (Å²) >= 11 is 0. The van der Waals surface area contributed by atoms with Crippen molar-refractivity contribution >= 4 is 59.8 Å². The minimum atomic E-state index is -4.09. The largest absolute Gasteiger partial charge is 0.438 e. The molecule has 3 heterocycles. The molecule has 18 heteroatoms. The third kappa shape index (κ3) is 13.4. The van der Waals surface area contributed by atoms with E-state index in [0.717, 1.165) is 27.9 Å². The zero-order chi connectivity index (χ0) is 49.6. The number of ether oxygens (including phenoxy) is 3. The molecule has 0 spiro atoms. The van der Waals surface area contributed by atoms with E-state index < -0.39 is 80.0 Å². The Morgan fingerprint density at radius 2 is 1.51 bits per heavy atom. The number of fused-ring (bicyclic) bond motifs is 1. The molecule has 6 rings (SSSR count). The first-order valence-electron chi connectivity index (χ1n) is 22.8. The molecule has 5 N–H and O–H groups in total. The van der Waals surface area contributed by atoms with Crippen LogP contribution >= 0.6 is 7.60 Å². The molecule has 4 atom stereocenters. The summed E-state index contributed by atoms with van der Waals surface area (Å²) in [5.41, 5.74) is 9.77. The Balaban J connectivity index is 1.13. The highest BCUT2D eigenvalue weighted by molar-refractivity contribution is 7.53. The highest BCUT2D eigenvalue weighted by atomic mass is 31.2. The van der Waals surface area contributed by atoms with Gasteiger partial charge in [0.25, 0.3) is 5.91 Å². The molecule has 2 aliphatic rings. The highest BCUT2D eigenvalue weighted by Gasteiger charge is 2.42. The Morgan fingerprint density at radius 1 is 0.882 bits per heavy atom. The predicted molar refractivity (Wildman–Crippen MR) is 254 cm³/mol. The van der Waals surface area contributed by atoms with Gasteiger partial charge in [-0.25, -0.2) is 0 Å². The monoisotopic (exact) mass is 957 g/mol. The minimum Gasteiger partial charge on any atom is -0.438 e. The van der Waals surface area contributed by atoms with E-state index in [-0.39, 0.29) is 42.9 Å². The maximum absolute atomic E-state index is 14.5. The number of nitrogens with zero attached hydrogens (tertiary/aromatic N) is 1. The number of benzene rings is 3. The van der Waals surface area contributed by atoms with Gasteiger partial charge in [0, 0.05) is 29.8 Å². The van der Waals surface area contributed by atoms with Crippen molar-refractivity contribution in [1.82, 2.24) is 15.6 Å². The molecule has 1 aromatic heterocycles. The second-order valence-electron chi connectivity index (χ2n) is 19.7. The quantitative estimate of drug-likeness (QED) is 0.0397. The van der Waals surface area contributed by atoms with Gasteiger partial charge in [-0.2, -0.15) is 0 Å². The molecule has 68 heavy (non-hydrogen) atoms. The second kappa shape index (κ2) is 21.6. The summed E-state index contributed by atoms with van der Waals surface area (Å²) in [7, 11) is -4.09. The fraction of sp³-hybridized carbons (Fsp3) is 0.480. The molecule has 2 aliphatic heterocycles. The first-order valence-corrected chi connectivity index (χ1v) is 24.6. The topological polar surface area (TPSA) is 235 Å². The van der Waals surface area contributed by atoms with Gasteiger partial charge < -0.3 is 40.5 Å². The van der Waals surface area contributed by atoms with Gasteiger partial charge in [-0.15, -0.1) is 0 Å². The van der Waals surface area contributed by atoms with Gasteiger partial charge in [0.1, 0.15) is 11.7 Å². The van der Waals surface area contributed by atoms with E-state index in [1.54, 1.807) is 70.7 Å². The molecule has 0 bridgehead atoms. The summed E-state index contributed by atoms with van der Waals surface area (Å²) in [6.07, 6.45) is 0.795. The molecule has 3 aromatic carbocycles. The lowest BCUT2D eigenvalue weighted by Gasteiger charge is -2.30. The lowest BCUT2D eigenvalue weighted by molar-refractivity contribution is -0.162. The van der Waals surface area contributed by atoms with E-state index in [0.29, 0.717) is 42.3 Å². The Hall–Kier alpha value is -5.87. The summed E-state index contributed by atoms with van der Waals surface area (Å²) in [6.45, 7) is 12.8. The fourth-order valence-electron chi connectivity index (χ4n) is 8.00. The Morgan fingerprint density at radius 3 is 2.15 bits per heavy atom. The number of primary amides is 1. The lowest BCUT2D eigenvalue weighted by atomic mass is 9.98. The molecular weight excluding hydrogens is 894 g/mol. The molecule has 4 amide bonds. The second-order valence-corrected chi connectivity index (χ2v) is 21.7. The number of esters is 2. The van der Waals surface area contributed by atoms with Gasteiger partial charge in [-0.05, 0) is 122 Å². The van der Waals surface area contributed by atoms with Crippen LogP contribution in [0.4, 0.5) is 5.69 Å². The first-order chi connectivity index (χ1) is 32.0. The molecule has 0 fully saturated rings. The number of nitrogens with two attached hydrogens (primary N) is 1. The molecule has 0 radical (unpaired) electrons. The number of para-hydroxylation sites is 1. The zero-order valence-corrected chi connectivity index (χ0v) is 41.0. The minimum absolute atomic E-state index is 0.0320. The summed E-state index contributed by atoms with van der Waals surface area (Å²) < 4.78 is 41.6. The molecule has 366 valence electrons. The Bertz CT molecular complexity index is 2530. The van der Waals surface area contributed by atoms with Crippen LogP contribution in [0.3, 0.4) is 0 Å². The maximum atomic E-state index is 14.5. The number of nitrogens with one attached hydrogen (secondary N) is 3. The normalized spacial score (nSPS) is 16.9. The first kappa shape index (κ1) is 51.5. The van der Waals surface area contributed by atoms with Gasteiger partial charge in [0.2, 0.25) is 31.3 Å². The van der Waals surface area contributed by atoms with Crippen LogP contribution in [0, 0.1) is 17.8 Å². The molecule has 0 aliphatic carbocycles. The van der Waals surface area contributed by atoms with Crippen molar-refractivity contribution in [3.05, 3.63) is 100 Å². The highest BCUT2D eigenvalue weighted by Crippen LogP contribution is 2.52. The average Bonchev–Trinajstić information content (AvgIpc) is 3.82. The summed E-state index contributed by atoms with van der Waals surface area (Å²) in [4.78, 5) is 83.7. The predicted octanol–water partition coefficient (Wildman–Crippen LogP) is 7.04. The number of rotatable bonds is 20. The number of anilines is 1. The van der Waals surface area contributed by atoms with Gasteiger partial charge in [0.05, 0.1) is 41.4 Å². The van der Waals surface area contributed by atoms with E-state index in [4.69, 9.17) is 29.0 Å². The smallest absolute Gasteiger partial charge is 0.340 e. The number of aryl methyl sites for hydroxylation is 2. The van der Waals surface area contributed by atoms with Crippen LogP contribution in [0.25, 0.3) is 10.9 Å². The van der Waals surface area contributed by atoms with Crippen LogP contribution in [0.2, 0.25) is 0 Å². The number of carbonyl (C=O) groups is 6. The zero-order valence-electron chi connectivity index (χ0n) is 40.1. The van der Waals surface area contributed by atoms with Crippen molar-refractivity contribution < 1.29 is 56.6 Å². The van der Waals surface area contributed by atoms with E-state index in [2.05, 4.69) is 15.6 Å². The van der Waals surface area contributed by atoms with Gasteiger partial charge >= 0.3 is 19.5 Å². The number of carbonyl (C=O) groups excluding carboxylic acids is 6. The lowest BCUT2D eigenvalue weighted by Crippen LogP contribution is -2.52. The molecule has 0 unspecified atom stereocenters. The van der Waals surface area contributed by atoms with E-state index in [1.807, 2.05) is 56.3 Å². The Labute approximate surface area is 397 Å². The van der Waals surface area contributed by atoms with Gasteiger partial charge in [-0.1, -0.05) is 54.1 Å². The molecule has 17 nitrogen and oxygen atoms in total. The SMILES string of the molecule is Cc1ccc(CO[C@H](C)[C@H](CCC(N)=O)NC(=O)C[C@@H]2Cc3cccc4c3N2C(=O)[C@@H](NC(=O)c2cc3cc(CP(=O)(OCOC(=O)C(C)(C)C)OCOC(=O)C(C)(C)C)ccc3[nH]2)CC4)cc1. The Kier molecular flexibility index (Phi) is 16.4. The number of hydrogen-bond acceptors (Lipinski definition) is 12. The van der Waals surface area contributed by atoms with E-state index in [9.17, 15) is 33.3 Å². The van der Waals surface area contributed by atoms with Crippen LogP contribution < -0.4 is 21.3 Å². The van der Waals surface area contributed by atoms with Crippen LogP contribution in [0.5, 0.6) is 0 Å². The number of H-pyrrole nitrogens is 1. The number of hydrogen-bond donors (Lipinski definition) is 4. The van der Waals surface area contributed by atoms with Crippen molar-refractivity contribution in [1.29, 1.82) is 0 Å². The van der Waals surface area contributed by atoms with Crippen molar-refractivity contribution in [3.63, 3.8) is 0 Å². The average molecular weight is 958 g/mol. The van der Waals surface area contributed by atoms with E-state index >= 15 is 0 Å². The number of amides is 4. The molecular formula is C50H64N5O12P. The molecule has 4 aromatic rings. The number of aromatic amines is 1. The van der Waals surface area contributed by atoms with E-state index in [1.165, 1.54) is 0 Å². The summed E-state index contributed by atoms with van der Waals surface area (Å²) in [5, 5.41) is 6.58. The third-order valence-electron chi connectivity index (χ3n) is 11.9. The van der Waals surface area contributed by atoms with Gasteiger partial charge in [-0.3, -0.25) is 42.4 Å². The van der Waals surface area contributed by atoms with Crippen molar-refractivity contribution in [2.24, 2.45) is 16.6 Å². The van der Waals surface area contributed by atoms with Crippen molar-refractivity contribution in [2.75, 3.05) is 18.5 Å². The van der Waals surface area contributed by atoms with Crippen LogP contribution in [-0.2, 0) is 77.4 Å². The summed E-state index contributed by atoms with van der Waals surface area (Å²) in [6, 6.07) is 18.4. The molecule has 0 saturated heterocycles.